The van der Waals surface area contributed by atoms with E-state index < -0.39 is 6.67 Å². The predicted molar refractivity (Wildman–Crippen MR) is 126 cm³/mol. The van der Waals surface area contributed by atoms with Crippen molar-refractivity contribution in [2.45, 2.75) is 19.6 Å². The lowest BCUT2D eigenvalue weighted by Crippen LogP contribution is -2.30. The van der Waals surface area contributed by atoms with E-state index in [0.29, 0.717) is 58.4 Å². The molecule has 5 N–H and O–H groups in total. The van der Waals surface area contributed by atoms with Crippen LogP contribution >= 0.6 is 11.6 Å². The molecule has 3 aromatic rings. The van der Waals surface area contributed by atoms with Crippen molar-refractivity contribution in [2.75, 3.05) is 24.3 Å². The molecule has 1 atom stereocenters. The van der Waals surface area contributed by atoms with Gasteiger partial charge in [-0.05, 0) is 48.9 Å². The third-order valence-electron chi connectivity index (χ3n) is 5.53. The lowest BCUT2D eigenvalue weighted by atomic mass is 10.1. The van der Waals surface area contributed by atoms with Gasteiger partial charge in [0.05, 0.1) is 18.2 Å². The number of hydrogen-bond donors (Lipinski definition) is 4. The van der Waals surface area contributed by atoms with Crippen molar-refractivity contribution in [1.29, 1.82) is 0 Å². The number of rotatable bonds is 7. The summed E-state index contributed by atoms with van der Waals surface area (Å²) in [6, 6.07) is 13.3. The molecular formula is C24H24ClFN4O3. The number of hydrogen-bond acceptors (Lipinski definition) is 6. The van der Waals surface area contributed by atoms with Crippen LogP contribution in [0.2, 0.25) is 5.02 Å². The van der Waals surface area contributed by atoms with Gasteiger partial charge >= 0.3 is 0 Å². The first-order valence-electron chi connectivity index (χ1n) is 10.5. The van der Waals surface area contributed by atoms with Gasteiger partial charge in [-0.15, -0.1) is 0 Å². The minimum atomic E-state index is -0.669. The number of anilines is 3. The fraction of sp³-hybridized carbons (Fsp3) is 0.250. The zero-order valence-electron chi connectivity index (χ0n) is 17.8. The molecule has 0 bridgehead atoms. The molecule has 7 nitrogen and oxygen atoms in total. The van der Waals surface area contributed by atoms with Crippen LogP contribution in [-0.4, -0.2) is 29.2 Å². The van der Waals surface area contributed by atoms with Crippen LogP contribution in [0.25, 0.3) is 11.3 Å². The Morgan fingerprint density at radius 1 is 1.21 bits per heavy atom. The summed E-state index contributed by atoms with van der Waals surface area (Å²) in [5.74, 6) is 0.0775. The topological polar surface area (TPSA) is 110 Å². The van der Waals surface area contributed by atoms with Crippen LogP contribution in [0.5, 0.6) is 5.75 Å². The van der Waals surface area contributed by atoms with Gasteiger partial charge in [-0.25, -0.2) is 9.37 Å². The maximum absolute atomic E-state index is 13.4. The quantitative estimate of drug-likeness (QED) is 0.377. The van der Waals surface area contributed by atoms with Crippen molar-refractivity contribution in [3.8, 4) is 17.0 Å². The number of nitrogens with zero attached hydrogens (tertiary/aromatic N) is 1. The number of ether oxygens (including phenoxy) is 1. The minimum absolute atomic E-state index is 0.0246. The second-order valence-corrected chi connectivity index (χ2v) is 8.25. The molecule has 1 fully saturated rings. The third kappa shape index (κ3) is 5.35. The van der Waals surface area contributed by atoms with Crippen LogP contribution < -0.4 is 16.4 Å². The molecule has 0 saturated carbocycles. The number of pyridine rings is 1. The maximum Gasteiger partial charge on any atom is 0.225 e. The molecule has 0 radical (unpaired) electrons. The Labute approximate surface area is 195 Å². The lowest BCUT2D eigenvalue weighted by molar-refractivity contribution is -0.125. The molecule has 1 unspecified atom stereocenters. The first-order chi connectivity index (χ1) is 15.9. The number of carbonyl (C=O) groups is 1. The first kappa shape index (κ1) is 22.8. The molecule has 9 heteroatoms. The van der Waals surface area contributed by atoms with Gasteiger partial charge in [0.15, 0.2) is 0 Å². The van der Waals surface area contributed by atoms with E-state index in [-0.39, 0.29) is 29.9 Å². The second kappa shape index (κ2) is 10.1. The highest BCUT2D eigenvalue weighted by atomic mass is 35.5. The van der Waals surface area contributed by atoms with E-state index in [1.807, 2.05) is 0 Å². The number of amides is 1. The standard InChI is InChI=1S/C24H24ClFN4O3/c25-17-2-5-20(16(9-17)11-26)29-18-3-6-22(31)19(10-18)21-4-1-14(23(27)30-21)12-28-24(32)15-7-8-33-13-15/h1-6,9-10,15,29,31H,7-8,11-13H2,(H2,27,30)(H,28,32). The molecule has 4 rings (SSSR count). The number of nitrogens with two attached hydrogens (primary N) is 1. The SMILES string of the molecule is Nc1nc(-c2cc(Nc3ccc(Cl)cc3CF)ccc2O)ccc1CNC(=O)C1CCOC1. The maximum atomic E-state index is 13.4. The first-order valence-corrected chi connectivity index (χ1v) is 10.9. The Balaban J connectivity index is 1.51. The number of aromatic hydroxyl groups is 1. The molecule has 0 aliphatic carbocycles. The van der Waals surface area contributed by atoms with Crippen molar-refractivity contribution in [3.63, 3.8) is 0 Å². The van der Waals surface area contributed by atoms with Gasteiger partial charge in [-0.3, -0.25) is 4.79 Å². The van der Waals surface area contributed by atoms with Gasteiger partial charge in [0.1, 0.15) is 18.2 Å². The Kier molecular flexibility index (Phi) is 6.96. The number of carbonyl (C=O) groups excluding carboxylic acids is 1. The van der Waals surface area contributed by atoms with E-state index in [9.17, 15) is 14.3 Å². The highest BCUT2D eigenvalue weighted by Crippen LogP contribution is 2.33. The molecule has 1 aliphatic rings. The number of phenolic OH excluding ortho intramolecular Hbond substituents is 1. The Bertz CT molecular complexity index is 1170. The summed E-state index contributed by atoms with van der Waals surface area (Å²) in [5.41, 5.74) is 9.36. The van der Waals surface area contributed by atoms with E-state index in [0.717, 1.165) is 0 Å². The number of nitrogen functional groups attached to an aromatic ring is 1. The van der Waals surface area contributed by atoms with Crippen LogP contribution in [0.4, 0.5) is 21.6 Å². The fourth-order valence-electron chi connectivity index (χ4n) is 3.64. The summed E-state index contributed by atoms with van der Waals surface area (Å²) >= 11 is 5.95. The zero-order chi connectivity index (χ0) is 23.4. The second-order valence-electron chi connectivity index (χ2n) is 7.81. The molecule has 1 aliphatic heterocycles. The normalized spacial score (nSPS) is 15.4. The van der Waals surface area contributed by atoms with Gasteiger partial charge in [-0.1, -0.05) is 17.7 Å². The highest BCUT2D eigenvalue weighted by molar-refractivity contribution is 6.30. The molecule has 1 amide bonds. The van der Waals surface area contributed by atoms with Crippen LogP contribution in [-0.2, 0) is 22.8 Å². The van der Waals surface area contributed by atoms with Crippen LogP contribution in [0.15, 0.2) is 48.5 Å². The largest absolute Gasteiger partial charge is 0.507 e. The highest BCUT2D eigenvalue weighted by Gasteiger charge is 2.23. The number of benzene rings is 2. The van der Waals surface area contributed by atoms with Crippen molar-refractivity contribution in [3.05, 3.63) is 64.7 Å². The lowest BCUT2D eigenvalue weighted by Gasteiger charge is -2.14. The van der Waals surface area contributed by atoms with E-state index >= 15 is 0 Å². The van der Waals surface area contributed by atoms with E-state index in [2.05, 4.69) is 15.6 Å². The summed E-state index contributed by atoms with van der Waals surface area (Å²) < 4.78 is 18.6. The van der Waals surface area contributed by atoms with Crippen molar-refractivity contribution < 1.29 is 19.0 Å². The summed E-state index contributed by atoms with van der Waals surface area (Å²) in [4.78, 5) is 16.6. The molecule has 33 heavy (non-hydrogen) atoms. The zero-order valence-corrected chi connectivity index (χ0v) is 18.5. The molecular weight excluding hydrogens is 447 g/mol. The molecule has 2 heterocycles. The van der Waals surface area contributed by atoms with Crippen LogP contribution in [0, 0.1) is 5.92 Å². The molecule has 1 aromatic heterocycles. The number of aromatic nitrogens is 1. The minimum Gasteiger partial charge on any atom is -0.507 e. The number of phenols is 1. The fourth-order valence-corrected chi connectivity index (χ4v) is 3.84. The van der Waals surface area contributed by atoms with Gasteiger partial charge < -0.3 is 26.2 Å². The van der Waals surface area contributed by atoms with E-state index in [1.165, 1.54) is 6.07 Å². The van der Waals surface area contributed by atoms with Gasteiger partial charge in [-0.2, -0.15) is 0 Å². The van der Waals surface area contributed by atoms with Crippen LogP contribution in [0.1, 0.15) is 17.5 Å². The van der Waals surface area contributed by atoms with Crippen molar-refractivity contribution in [1.82, 2.24) is 10.3 Å². The van der Waals surface area contributed by atoms with E-state index in [4.69, 9.17) is 22.1 Å². The molecule has 172 valence electrons. The molecule has 2 aromatic carbocycles. The summed E-state index contributed by atoms with van der Waals surface area (Å²) in [6.45, 7) is 0.619. The van der Waals surface area contributed by atoms with Gasteiger partial charge in [0.25, 0.3) is 0 Å². The monoisotopic (exact) mass is 470 g/mol. The third-order valence-corrected chi connectivity index (χ3v) is 5.76. The molecule has 0 spiro atoms. The van der Waals surface area contributed by atoms with Crippen molar-refractivity contribution >= 4 is 34.7 Å². The number of halogens is 2. The summed E-state index contributed by atoms with van der Waals surface area (Å²) in [6.07, 6.45) is 0.713. The average Bonchev–Trinajstić information content (AvgIpc) is 3.35. The van der Waals surface area contributed by atoms with E-state index in [1.54, 1.807) is 42.5 Å². The summed E-state index contributed by atoms with van der Waals surface area (Å²) in [5, 5.41) is 16.9. The number of nitrogens with one attached hydrogen (secondary N) is 2. The van der Waals surface area contributed by atoms with Gasteiger partial charge in [0, 0.05) is 46.2 Å². The predicted octanol–water partition coefficient (Wildman–Crippen LogP) is 4.56. The number of alkyl halides is 1. The Morgan fingerprint density at radius 2 is 2.06 bits per heavy atom. The smallest absolute Gasteiger partial charge is 0.225 e. The van der Waals surface area contributed by atoms with Gasteiger partial charge in [0.2, 0.25) is 5.91 Å². The Morgan fingerprint density at radius 3 is 2.79 bits per heavy atom. The molecule has 1 saturated heterocycles. The summed E-state index contributed by atoms with van der Waals surface area (Å²) in [7, 11) is 0. The van der Waals surface area contributed by atoms with Crippen LogP contribution in [0.3, 0.4) is 0 Å². The Hall–Kier alpha value is -3.36. The average molecular weight is 471 g/mol. The van der Waals surface area contributed by atoms with Crippen molar-refractivity contribution in [2.24, 2.45) is 5.92 Å².